The molecule has 6 heavy (non-hydrogen) atoms. The Kier molecular flexibility index (Phi) is 3.55. The second-order valence-corrected chi connectivity index (χ2v) is 3.65. The molecule has 0 aliphatic rings. The van der Waals surface area contributed by atoms with E-state index in [1.807, 2.05) is 6.07 Å². The second kappa shape index (κ2) is 3.42. The van der Waals surface area contributed by atoms with E-state index in [4.69, 9.17) is 5.26 Å². The summed E-state index contributed by atoms with van der Waals surface area (Å²) in [6, 6.07) is 1.90. The van der Waals surface area contributed by atoms with Crippen molar-refractivity contribution in [1.82, 2.24) is 0 Å². The van der Waals surface area contributed by atoms with Crippen LogP contribution in [0.4, 0.5) is 0 Å². The molecule has 0 saturated carbocycles. The van der Waals surface area contributed by atoms with Gasteiger partial charge in [0.25, 0.3) is 0 Å². The predicted molar refractivity (Wildman–Crippen MR) is 29.4 cm³/mol. The Morgan fingerprint density at radius 1 is 2.00 bits per heavy atom. The number of allylic oxidation sites excluding steroid dienone is 1. The maximum atomic E-state index is 7.97. The van der Waals surface area contributed by atoms with E-state index in [1.54, 1.807) is 0 Å². The Labute approximate surface area is 49.9 Å². The average Bonchev–Trinajstić information content (AvgIpc) is 1.65. The second-order valence-electron chi connectivity index (χ2n) is 0.612. The number of nitriles is 1. The van der Waals surface area contributed by atoms with E-state index in [1.165, 1.54) is 0 Å². The van der Waals surface area contributed by atoms with Crippen molar-refractivity contribution in [2.24, 2.45) is 0 Å². The van der Waals surface area contributed by atoms with Crippen molar-refractivity contribution < 1.29 is 0 Å². The molecular weight excluding hydrogens is 209 g/mol. The number of rotatable bonds is 1. The van der Waals surface area contributed by atoms with Gasteiger partial charge < -0.3 is 0 Å². The van der Waals surface area contributed by atoms with Gasteiger partial charge in [0.1, 0.15) is 0 Å². The first-order valence-electron chi connectivity index (χ1n) is 1.19. The molecule has 0 amide bonds. The summed E-state index contributed by atoms with van der Waals surface area (Å²) in [7, 11) is 0. The molecule has 0 aromatic heterocycles. The zero-order valence-electron chi connectivity index (χ0n) is 2.94. The molecule has 0 aromatic rings. The molecular formula is C3H2BrNSe. The van der Waals surface area contributed by atoms with Gasteiger partial charge in [-0.3, -0.25) is 0 Å². The summed E-state index contributed by atoms with van der Waals surface area (Å²) in [6.45, 7) is 3.41. The first-order chi connectivity index (χ1) is 2.81. The summed E-state index contributed by atoms with van der Waals surface area (Å²) in [5, 5.41) is 7.97. The Morgan fingerprint density at radius 2 is 2.50 bits per heavy atom. The van der Waals surface area contributed by atoms with Crippen LogP contribution in [0.3, 0.4) is 0 Å². The van der Waals surface area contributed by atoms with Gasteiger partial charge >= 0.3 is 49.6 Å². The average molecular weight is 211 g/mol. The molecule has 0 saturated heterocycles. The van der Waals surface area contributed by atoms with Crippen molar-refractivity contribution >= 4 is 27.3 Å². The third-order valence-electron chi connectivity index (χ3n) is 0.218. The minimum atomic E-state index is 0.141. The molecule has 0 aromatic carbocycles. The molecule has 0 fully saturated rings. The number of halogens is 1. The summed E-state index contributed by atoms with van der Waals surface area (Å²) < 4.78 is 0.627. The summed E-state index contributed by atoms with van der Waals surface area (Å²) in [4.78, 5) is 0. The van der Waals surface area contributed by atoms with Crippen molar-refractivity contribution in [3.8, 4) is 6.07 Å². The van der Waals surface area contributed by atoms with Crippen LogP contribution in [0.15, 0.2) is 11.1 Å². The first kappa shape index (κ1) is 6.23. The van der Waals surface area contributed by atoms with Crippen LogP contribution in [0, 0.1) is 11.3 Å². The molecule has 0 aliphatic heterocycles. The molecule has 0 N–H and O–H groups in total. The summed E-state index contributed by atoms with van der Waals surface area (Å²) >= 11 is 3.26. The van der Waals surface area contributed by atoms with Gasteiger partial charge in [-0.1, -0.05) is 0 Å². The van der Waals surface area contributed by atoms with Gasteiger partial charge in [0.15, 0.2) is 0 Å². The minimum absolute atomic E-state index is 0.141. The van der Waals surface area contributed by atoms with Crippen molar-refractivity contribution in [3.63, 3.8) is 0 Å². The van der Waals surface area contributed by atoms with E-state index < -0.39 is 0 Å². The van der Waals surface area contributed by atoms with Crippen molar-refractivity contribution in [2.45, 2.75) is 0 Å². The fourth-order valence-corrected chi connectivity index (χ4v) is 0.466. The Hall–Kier alpha value is 0.229. The Balaban J connectivity index is 3.33. The van der Waals surface area contributed by atoms with Crippen molar-refractivity contribution in [3.05, 3.63) is 11.1 Å². The van der Waals surface area contributed by atoms with Gasteiger partial charge in [0, 0.05) is 0 Å². The third kappa shape index (κ3) is 2.47. The molecule has 0 atom stereocenters. The summed E-state index contributed by atoms with van der Waals surface area (Å²) in [5.41, 5.74) is 0. The molecule has 3 heteroatoms. The van der Waals surface area contributed by atoms with E-state index >= 15 is 0 Å². The summed E-state index contributed by atoms with van der Waals surface area (Å²) in [5.74, 6) is 0. The Bertz CT molecular complexity index is 93.5. The zero-order chi connectivity index (χ0) is 4.99. The van der Waals surface area contributed by atoms with Gasteiger partial charge in [-0.15, -0.1) is 0 Å². The first-order valence-corrected chi connectivity index (χ1v) is 6.05. The molecule has 32 valence electrons. The summed E-state index contributed by atoms with van der Waals surface area (Å²) in [6.07, 6.45) is 0. The van der Waals surface area contributed by atoms with Crippen LogP contribution in [0.2, 0.25) is 0 Å². The van der Waals surface area contributed by atoms with Crippen LogP contribution in [0.25, 0.3) is 0 Å². The van der Waals surface area contributed by atoms with E-state index in [-0.39, 0.29) is 13.1 Å². The predicted octanol–water partition coefficient (Wildman–Crippen LogP) is 1.04. The van der Waals surface area contributed by atoms with Gasteiger partial charge in [-0.05, 0) is 0 Å². The standard InChI is InChI=1S/C3H2BrNSe/c1-3(2-5)6-4/h1H2. The van der Waals surface area contributed by atoms with Crippen LogP contribution in [-0.2, 0) is 0 Å². The number of hydrogen-bond acceptors (Lipinski definition) is 1. The van der Waals surface area contributed by atoms with Crippen LogP contribution in [-0.4, -0.2) is 13.1 Å². The molecule has 0 unspecified atom stereocenters. The van der Waals surface area contributed by atoms with Crippen molar-refractivity contribution in [2.75, 3.05) is 0 Å². The van der Waals surface area contributed by atoms with Crippen LogP contribution < -0.4 is 0 Å². The molecule has 1 nitrogen and oxygen atoms in total. The quantitative estimate of drug-likeness (QED) is 0.469. The Morgan fingerprint density at radius 3 is 2.50 bits per heavy atom. The monoisotopic (exact) mass is 211 g/mol. The maximum absolute atomic E-state index is 7.97. The van der Waals surface area contributed by atoms with Crippen molar-refractivity contribution in [1.29, 1.82) is 5.26 Å². The number of nitrogens with zero attached hydrogens (tertiary/aromatic N) is 1. The molecule has 0 spiro atoms. The fraction of sp³-hybridized carbons (Fsp3) is 0. The topological polar surface area (TPSA) is 23.8 Å². The van der Waals surface area contributed by atoms with Gasteiger partial charge in [-0.25, -0.2) is 0 Å². The van der Waals surface area contributed by atoms with Gasteiger partial charge in [0.05, 0.1) is 0 Å². The van der Waals surface area contributed by atoms with Crippen LogP contribution in [0.1, 0.15) is 0 Å². The normalized spacial score (nSPS) is 6.67. The molecule has 0 aliphatic carbocycles. The van der Waals surface area contributed by atoms with E-state index in [0.717, 1.165) is 0 Å². The van der Waals surface area contributed by atoms with Gasteiger partial charge in [0.2, 0.25) is 0 Å². The van der Waals surface area contributed by atoms with Gasteiger partial charge in [-0.2, -0.15) is 0 Å². The van der Waals surface area contributed by atoms with Crippen LogP contribution in [0.5, 0.6) is 0 Å². The van der Waals surface area contributed by atoms with E-state index in [9.17, 15) is 0 Å². The van der Waals surface area contributed by atoms with E-state index in [0.29, 0.717) is 4.47 Å². The molecule has 0 bridgehead atoms. The van der Waals surface area contributed by atoms with Crippen LogP contribution >= 0.6 is 14.1 Å². The van der Waals surface area contributed by atoms with E-state index in [2.05, 4.69) is 20.7 Å². The zero-order valence-corrected chi connectivity index (χ0v) is 6.24. The molecule has 0 radical (unpaired) electrons. The SMILES string of the molecule is C=C(C#N)[Se]Br. The molecule has 0 rings (SSSR count). The molecule has 0 heterocycles. The third-order valence-corrected chi connectivity index (χ3v) is 2.83. The number of hydrogen-bond donors (Lipinski definition) is 0. The fourth-order valence-electron chi connectivity index (χ4n) is 0.0173.